The first-order valence-corrected chi connectivity index (χ1v) is 7.61. The van der Waals surface area contributed by atoms with Crippen molar-refractivity contribution in [3.8, 4) is 0 Å². The van der Waals surface area contributed by atoms with E-state index in [2.05, 4.69) is 29.8 Å². The third-order valence-electron chi connectivity index (χ3n) is 2.65. The molecule has 0 bridgehead atoms. The van der Waals surface area contributed by atoms with E-state index in [1.54, 1.807) is 17.0 Å². The largest absolute Gasteiger partial charge is 0.444 e. The summed E-state index contributed by atoms with van der Waals surface area (Å²) in [6, 6.07) is 3.65. The Morgan fingerprint density at radius 1 is 1.59 bits per heavy atom. The van der Waals surface area contributed by atoms with Crippen molar-refractivity contribution >= 4 is 33.6 Å². The van der Waals surface area contributed by atoms with Crippen LogP contribution in [0, 0.1) is 0 Å². The lowest BCUT2D eigenvalue weighted by molar-refractivity contribution is 0.0708. The molecule has 17 heavy (non-hydrogen) atoms. The zero-order chi connectivity index (χ0) is 12.8. The second kappa shape index (κ2) is 7.11. The van der Waals surface area contributed by atoms with Gasteiger partial charge in [-0.1, -0.05) is 6.92 Å². The maximum atomic E-state index is 12.0. The summed E-state index contributed by atoms with van der Waals surface area (Å²) in [6.45, 7) is 4.21. The molecule has 0 aliphatic heterocycles. The molecule has 1 rings (SSSR count). The Labute approximate surface area is 115 Å². The molecule has 0 aromatic carbocycles. The molecule has 1 heterocycles. The number of hydrogen-bond acceptors (Lipinski definition) is 3. The van der Waals surface area contributed by atoms with Crippen LogP contribution in [-0.2, 0) is 0 Å². The van der Waals surface area contributed by atoms with Gasteiger partial charge < -0.3 is 9.32 Å². The average molecular weight is 320 g/mol. The molecule has 0 N–H and O–H groups in total. The Bertz CT molecular complexity index is 367. The summed E-state index contributed by atoms with van der Waals surface area (Å²) in [6.07, 6.45) is 1.00. The summed E-state index contributed by atoms with van der Waals surface area (Å²) in [5.41, 5.74) is 0. The van der Waals surface area contributed by atoms with Gasteiger partial charge in [0.15, 0.2) is 10.4 Å². The van der Waals surface area contributed by atoms with E-state index in [1.165, 1.54) is 0 Å². The first-order valence-electron chi connectivity index (χ1n) is 5.66. The van der Waals surface area contributed by atoms with Gasteiger partial charge in [-0.05, 0) is 52.9 Å². The molecule has 5 heteroatoms. The van der Waals surface area contributed by atoms with Crippen LogP contribution >= 0.6 is 27.7 Å². The van der Waals surface area contributed by atoms with Gasteiger partial charge in [0.25, 0.3) is 5.91 Å². The summed E-state index contributed by atoms with van der Waals surface area (Å²) < 4.78 is 5.85. The number of halogens is 1. The number of thioether (sulfide) groups is 1. The van der Waals surface area contributed by atoms with Crippen LogP contribution in [0.5, 0.6) is 0 Å². The Balaban J connectivity index is 2.51. The van der Waals surface area contributed by atoms with Gasteiger partial charge in [-0.25, -0.2) is 0 Å². The van der Waals surface area contributed by atoms with E-state index in [0.717, 1.165) is 17.9 Å². The monoisotopic (exact) mass is 319 g/mol. The molecule has 0 spiro atoms. The molecule has 1 aromatic heterocycles. The molecule has 0 aliphatic rings. The molecule has 0 saturated carbocycles. The molecule has 0 fully saturated rings. The number of carbonyl (C=O) groups excluding carboxylic acids is 1. The van der Waals surface area contributed by atoms with Gasteiger partial charge in [0.05, 0.1) is 0 Å². The van der Waals surface area contributed by atoms with E-state index in [4.69, 9.17) is 4.42 Å². The lowest BCUT2D eigenvalue weighted by atomic mass is 10.2. The fraction of sp³-hybridized carbons (Fsp3) is 0.583. The van der Waals surface area contributed by atoms with Crippen LogP contribution in [0.15, 0.2) is 21.2 Å². The minimum absolute atomic E-state index is 0.0651. The standard InChI is InChI=1S/C12H18BrNO2S/c1-4-17-8-7-9(2)14(3)12(15)10-5-6-11(13)16-10/h5-6,9H,4,7-8H2,1-3H3/t9-/m0/s1. The van der Waals surface area contributed by atoms with Crippen LogP contribution in [0.1, 0.15) is 30.8 Å². The topological polar surface area (TPSA) is 33.5 Å². The zero-order valence-corrected chi connectivity index (χ0v) is 12.8. The summed E-state index contributed by atoms with van der Waals surface area (Å²) in [5, 5.41) is 0. The molecular weight excluding hydrogens is 302 g/mol. The highest BCUT2D eigenvalue weighted by atomic mass is 79.9. The maximum absolute atomic E-state index is 12.0. The van der Waals surface area contributed by atoms with Crippen molar-refractivity contribution in [2.75, 3.05) is 18.6 Å². The van der Waals surface area contributed by atoms with Gasteiger partial charge in [0, 0.05) is 13.1 Å². The van der Waals surface area contributed by atoms with Crippen LogP contribution in [0.4, 0.5) is 0 Å². The molecule has 0 unspecified atom stereocenters. The number of rotatable bonds is 6. The predicted molar refractivity (Wildman–Crippen MR) is 75.6 cm³/mol. The first kappa shape index (κ1) is 14.6. The second-order valence-electron chi connectivity index (χ2n) is 3.85. The van der Waals surface area contributed by atoms with Gasteiger partial charge >= 0.3 is 0 Å². The van der Waals surface area contributed by atoms with E-state index >= 15 is 0 Å². The summed E-state index contributed by atoms with van der Waals surface area (Å²) in [4.78, 5) is 13.8. The highest BCUT2D eigenvalue weighted by Crippen LogP contribution is 2.17. The fourth-order valence-corrected chi connectivity index (χ4v) is 2.50. The quantitative estimate of drug-likeness (QED) is 0.750. The lowest BCUT2D eigenvalue weighted by Crippen LogP contribution is -2.35. The van der Waals surface area contributed by atoms with E-state index in [-0.39, 0.29) is 11.9 Å². The van der Waals surface area contributed by atoms with Crippen molar-refractivity contribution in [1.82, 2.24) is 4.90 Å². The van der Waals surface area contributed by atoms with Crippen LogP contribution < -0.4 is 0 Å². The number of furan rings is 1. The minimum atomic E-state index is -0.0651. The molecule has 0 aliphatic carbocycles. The van der Waals surface area contributed by atoms with Gasteiger partial charge in [-0.3, -0.25) is 4.79 Å². The minimum Gasteiger partial charge on any atom is -0.444 e. The molecule has 3 nitrogen and oxygen atoms in total. The fourth-order valence-electron chi connectivity index (χ4n) is 1.40. The normalized spacial score (nSPS) is 12.5. The van der Waals surface area contributed by atoms with E-state index in [1.807, 2.05) is 18.8 Å². The van der Waals surface area contributed by atoms with Crippen molar-refractivity contribution in [3.05, 3.63) is 22.6 Å². The molecule has 0 saturated heterocycles. The molecule has 1 atom stereocenters. The third-order valence-corrected chi connectivity index (χ3v) is 4.01. The highest BCUT2D eigenvalue weighted by Gasteiger charge is 2.19. The molecule has 1 amide bonds. The van der Waals surface area contributed by atoms with Gasteiger partial charge in [0.2, 0.25) is 0 Å². The summed E-state index contributed by atoms with van der Waals surface area (Å²) in [7, 11) is 1.82. The van der Waals surface area contributed by atoms with Crippen molar-refractivity contribution in [3.63, 3.8) is 0 Å². The Morgan fingerprint density at radius 2 is 2.29 bits per heavy atom. The Morgan fingerprint density at radius 3 is 2.82 bits per heavy atom. The van der Waals surface area contributed by atoms with Crippen LogP contribution in [-0.4, -0.2) is 35.4 Å². The van der Waals surface area contributed by atoms with Gasteiger partial charge in [0.1, 0.15) is 0 Å². The smallest absolute Gasteiger partial charge is 0.289 e. The average Bonchev–Trinajstić information content (AvgIpc) is 2.74. The molecular formula is C12H18BrNO2S. The van der Waals surface area contributed by atoms with Crippen molar-refractivity contribution in [2.24, 2.45) is 0 Å². The predicted octanol–water partition coefficient (Wildman–Crippen LogP) is 3.65. The number of carbonyl (C=O) groups is 1. The second-order valence-corrected chi connectivity index (χ2v) is 6.03. The highest BCUT2D eigenvalue weighted by molar-refractivity contribution is 9.10. The van der Waals surface area contributed by atoms with Crippen molar-refractivity contribution in [2.45, 2.75) is 26.3 Å². The molecule has 0 radical (unpaired) electrons. The van der Waals surface area contributed by atoms with Crippen LogP contribution in [0.25, 0.3) is 0 Å². The lowest BCUT2D eigenvalue weighted by Gasteiger charge is -2.23. The van der Waals surface area contributed by atoms with Gasteiger partial charge in [-0.2, -0.15) is 11.8 Å². The van der Waals surface area contributed by atoms with E-state index in [0.29, 0.717) is 10.4 Å². The van der Waals surface area contributed by atoms with Crippen LogP contribution in [0.3, 0.4) is 0 Å². The number of hydrogen-bond donors (Lipinski definition) is 0. The zero-order valence-electron chi connectivity index (χ0n) is 10.4. The molecule has 1 aromatic rings. The molecule has 96 valence electrons. The Hall–Kier alpha value is -0.420. The number of amides is 1. The Kier molecular flexibility index (Phi) is 6.12. The summed E-state index contributed by atoms with van der Waals surface area (Å²) >= 11 is 5.09. The van der Waals surface area contributed by atoms with Crippen molar-refractivity contribution < 1.29 is 9.21 Å². The first-order chi connectivity index (χ1) is 8.06. The van der Waals surface area contributed by atoms with Crippen LogP contribution in [0.2, 0.25) is 0 Å². The number of nitrogens with zero attached hydrogens (tertiary/aromatic N) is 1. The summed E-state index contributed by atoms with van der Waals surface area (Å²) in [5.74, 6) is 2.52. The van der Waals surface area contributed by atoms with E-state index in [9.17, 15) is 4.79 Å². The van der Waals surface area contributed by atoms with Crippen molar-refractivity contribution in [1.29, 1.82) is 0 Å². The third kappa shape index (κ3) is 4.39. The maximum Gasteiger partial charge on any atom is 0.289 e. The van der Waals surface area contributed by atoms with E-state index < -0.39 is 0 Å². The van der Waals surface area contributed by atoms with Gasteiger partial charge in [-0.15, -0.1) is 0 Å². The SMILES string of the molecule is CCSCC[C@H](C)N(C)C(=O)c1ccc(Br)o1.